The van der Waals surface area contributed by atoms with Crippen LogP contribution < -0.4 is 5.32 Å². The fourth-order valence-electron chi connectivity index (χ4n) is 1.85. The molecule has 0 saturated heterocycles. The standard InChI is InChI=1S/C13H10ClN5O2/c1-21-13(20)18-12-3-2-8(5-16-12)19-7-17-9-6-15-11(14)4-10(9)19/h2-7H,1H3,(H,16,18,20). The van der Waals surface area contributed by atoms with E-state index in [4.69, 9.17) is 11.6 Å². The second-order valence-corrected chi connectivity index (χ2v) is 4.52. The van der Waals surface area contributed by atoms with Crippen LogP contribution in [0.3, 0.4) is 0 Å². The van der Waals surface area contributed by atoms with E-state index in [1.54, 1.807) is 36.9 Å². The monoisotopic (exact) mass is 303 g/mol. The first kappa shape index (κ1) is 13.3. The maximum atomic E-state index is 11.1. The van der Waals surface area contributed by atoms with E-state index in [2.05, 4.69) is 25.0 Å². The van der Waals surface area contributed by atoms with Gasteiger partial charge in [-0.2, -0.15) is 0 Å². The molecular formula is C13H10ClN5O2. The number of carbonyl (C=O) groups excluding carboxylic acids is 1. The van der Waals surface area contributed by atoms with E-state index in [1.165, 1.54) is 7.11 Å². The van der Waals surface area contributed by atoms with Gasteiger partial charge >= 0.3 is 6.09 Å². The van der Waals surface area contributed by atoms with Crippen LogP contribution in [0.4, 0.5) is 10.6 Å². The second kappa shape index (κ2) is 5.37. The molecule has 1 amide bonds. The predicted molar refractivity (Wildman–Crippen MR) is 77.7 cm³/mol. The van der Waals surface area contributed by atoms with Crippen LogP contribution in [0.1, 0.15) is 0 Å². The molecular weight excluding hydrogens is 294 g/mol. The number of ether oxygens (including phenoxy) is 1. The van der Waals surface area contributed by atoms with Gasteiger partial charge in [0.2, 0.25) is 0 Å². The maximum absolute atomic E-state index is 11.1. The van der Waals surface area contributed by atoms with Crippen LogP contribution in [0.15, 0.2) is 36.9 Å². The summed E-state index contributed by atoms with van der Waals surface area (Å²) in [6, 6.07) is 5.19. The number of nitrogens with one attached hydrogen (secondary N) is 1. The molecule has 0 aliphatic carbocycles. The number of aromatic nitrogens is 4. The molecule has 0 fully saturated rings. The third-order valence-electron chi connectivity index (χ3n) is 2.84. The molecule has 0 aliphatic rings. The first-order valence-electron chi connectivity index (χ1n) is 5.97. The second-order valence-electron chi connectivity index (χ2n) is 4.13. The van der Waals surface area contributed by atoms with Crippen molar-refractivity contribution in [3.05, 3.63) is 42.1 Å². The lowest BCUT2D eigenvalue weighted by Gasteiger charge is -2.06. The molecule has 0 atom stereocenters. The smallest absolute Gasteiger partial charge is 0.412 e. The Morgan fingerprint density at radius 1 is 1.29 bits per heavy atom. The van der Waals surface area contributed by atoms with Gasteiger partial charge in [-0.15, -0.1) is 0 Å². The van der Waals surface area contributed by atoms with Crippen molar-refractivity contribution in [3.8, 4) is 5.69 Å². The molecule has 0 unspecified atom stereocenters. The van der Waals surface area contributed by atoms with Gasteiger partial charge in [0.1, 0.15) is 22.8 Å². The highest BCUT2D eigenvalue weighted by atomic mass is 35.5. The molecule has 3 rings (SSSR count). The van der Waals surface area contributed by atoms with E-state index in [1.807, 2.05) is 4.57 Å². The van der Waals surface area contributed by atoms with Crippen molar-refractivity contribution in [2.45, 2.75) is 0 Å². The number of hydrogen-bond donors (Lipinski definition) is 1. The quantitative estimate of drug-likeness (QED) is 0.736. The summed E-state index contributed by atoms with van der Waals surface area (Å²) in [6.07, 6.45) is 4.31. The zero-order valence-electron chi connectivity index (χ0n) is 10.9. The average Bonchev–Trinajstić information content (AvgIpc) is 2.91. The molecule has 21 heavy (non-hydrogen) atoms. The topological polar surface area (TPSA) is 81.9 Å². The Bertz CT molecular complexity index is 800. The van der Waals surface area contributed by atoms with Crippen LogP contribution in [0.5, 0.6) is 0 Å². The van der Waals surface area contributed by atoms with Crippen LogP contribution in [-0.2, 0) is 4.74 Å². The zero-order chi connectivity index (χ0) is 14.8. The molecule has 0 saturated carbocycles. The van der Waals surface area contributed by atoms with Crippen molar-refractivity contribution < 1.29 is 9.53 Å². The normalized spacial score (nSPS) is 10.6. The van der Waals surface area contributed by atoms with Crippen molar-refractivity contribution in [3.63, 3.8) is 0 Å². The number of fused-ring (bicyclic) bond motifs is 1. The summed E-state index contributed by atoms with van der Waals surface area (Å²) in [5.41, 5.74) is 2.34. The van der Waals surface area contributed by atoms with Crippen LogP contribution in [0.2, 0.25) is 5.15 Å². The van der Waals surface area contributed by atoms with Crippen molar-refractivity contribution in [2.75, 3.05) is 12.4 Å². The molecule has 7 nitrogen and oxygen atoms in total. The molecule has 0 aliphatic heterocycles. The van der Waals surface area contributed by atoms with E-state index in [-0.39, 0.29) is 0 Å². The molecule has 3 aromatic heterocycles. The maximum Gasteiger partial charge on any atom is 0.412 e. The van der Waals surface area contributed by atoms with Crippen molar-refractivity contribution in [1.82, 2.24) is 19.5 Å². The summed E-state index contributed by atoms with van der Waals surface area (Å²) in [5, 5.41) is 2.87. The van der Waals surface area contributed by atoms with Gasteiger partial charge in [-0.25, -0.2) is 19.7 Å². The Balaban J connectivity index is 1.95. The van der Waals surface area contributed by atoms with Gasteiger partial charge in [-0.3, -0.25) is 9.88 Å². The van der Waals surface area contributed by atoms with Crippen LogP contribution in [0, 0.1) is 0 Å². The van der Waals surface area contributed by atoms with Gasteiger partial charge in [-0.05, 0) is 12.1 Å². The zero-order valence-corrected chi connectivity index (χ0v) is 11.7. The summed E-state index contributed by atoms with van der Waals surface area (Å²) >= 11 is 5.90. The minimum absolute atomic E-state index is 0.390. The van der Waals surface area contributed by atoms with Gasteiger partial charge in [0.25, 0.3) is 0 Å². The fourth-order valence-corrected chi connectivity index (χ4v) is 2.00. The number of imidazole rings is 1. The first-order valence-corrected chi connectivity index (χ1v) is 6.35. The highest BCUT2D eigenvalue weighted by Gasteiger charge is 2.07. The van der Waals surface area contributed by atoms with Crippen molar-refractivity contribution in [2.24, 2.45) is 0 Å². The molecule has 3 heterocycles. The largest absolute Gasteiger partial charge is 0.453 e. The van der Waals surface area contributed by atoms with E-state index in [0.29, 0.717) is 11.0 Å². The van der Waals surface area contributed by atoms with E-state index in [0.717, 1.165) is 16.7 Å². The number of amides is 1. The Kier molecular flexibility index (Phi) is 3.41. The molecule has 8 heteroatoms. The van der Waals surface area contributed by atoms with Crippen LogP contribution >= 0.6 is 11.6 Å². The number of rotatable bonds is 2. The average molecular weight is 304 g/mol. The summed E-state index contributed by atoms with van der Waals surface area (Å²) in [7, 11) is 1.29. The van der Waals surface area contributed by atoms with Gasteiger partial charge in [-0.1, -0.05) is 11.6 Å². The number of anilines is 1. The molecule has 0 spiro atoms. The molecule has 1 N–H and O–H groups in total. The molecule has 3 aromatic rings. The van der Waals surface area contributed by atoms with E-state index >= 15 is 0 Å². The summed E-state index contributed by atoms with van der Waals surface area (Å²) < 4.78 is 6.33. The Morgan fingerprint density at radius 3 is 2.86 bits per heavy atom. The Labute approximate surface area is 124 Å². The first-order chi connectivity index (χ1) is 10.2. The summed E-state index contributed by atoms with van der Waals surface area (Å²) in [5.74, 6) is 0.398. The van der Waals surface area contributed by atoms with Gasteiger partial charge < -0.3 is 4.74 Å². The van der Waals surface area contributed by atoms with Gasteiger partial charge in [0, 0.05) is 6.07 Å². The number of carbonyl (C=O) groups is 1. The number of methoxy groups -OCH3 is 1. The highest BCUT2D eigenvalue weighted by molar-refractivity contribution is 6.29. The highest BCUT2D eigenvalue weighted by Crippen LogP contribution is 2.20. The molecule has 0 bridgehead atoms. The summed E-state index contributed by atoms with van der Waals surface area (Å²) in [6.45, 7) is 0. The lowest BCUT2D eigenvalue weighted by molar-refractivity contribution is 0.187. The van der Waals surface area contributed by atoms with Gasteiger partial charge in [0.05, 0.1) is 30.7 Å². The molecule has 0 aromatic carbocycles. The molecule has 0 radical (unpaired) electrons. The third kappa shape index (κ3) is 2.63. The lowest BCUT2D eigenvalue weighted by Crippen LogP contribution is -2.12. The number of nitrogens with zero attached hydrogens (tertiary/aromatic N) is 4. The number of pyridine rings is 2. The Hall–Kier alpha value is -2.67. The van der Waals surface area contributed by atoms with Crippen molar-refractivity contribution >= 4 is 34.5 Å². The molecule has 106 valence electrons. The lowest BCUT2D eigenvalue weighted by atomic mass is 10.3. The SMILES string of the molecule is COC(=O)Nc1ccc(-n2cnc3cnc(Cl)cc32)cn1. The van der Waals surface area contributed by atoms with Crippen LogP contribution in [-0.4, -0.2) is 32.7 Å². The predicted octanol–water partition coefficient (Wildman–Crippen LogP) is 2.65. The minimum atomic E-state index is -0.568. The minimum Gasteiger partial charge on any atom is -0.453 e. The van der Waals surface area contributed by atoms with Crippen LogP contribution in [0.25, 0.3) is 16.7 Å². The van der Waals surface area contributed by atoms with Crippen molar-refractivity contribution in [1.29, 1.82) is 0 Å². The number of halogens is 1. The summed E-state index contributed by atoms with van der Waals surface area (Å²) in [4.78, 5) is 23.5. The van der Waals surface area contributed by atoms with E-state index in [9.17, 15) is 4.79 Å². The third-order valence-corrected chi connectivity index (χ3v) is 3.05. The Morgan fingerprint density at radius 2 is 2.14 bits per heavy atom. The number of hydrogen-bond acceptors (Lipinski definition) is 5. The van der Waals surface area contributed by atoms with E-state index < -0.39 is 6.09 Å². The fraction of sp³-hybridized carbons (Fsp3) is 0.0769. The van der Waals surface area contributed by atoms with Gasteiger partial charge in [0.15, 0.2) is 0 Å².